The lowest BCUT2D eigenvalue weighted by atomic mass is 10.1. The fourth-order valence-corrected chi connectivity index (χ4v) is 13.6. The molecule has 1 saturated carbocycles. The molecule has 2 aromatic rings. The van der Waals surface area contributed by atoms with Gasteiger partial charge in [0.2, 0.25) is 0 Å². The van der Waals surface area contributed by atoms with E-state index >= 15 is 4.39 Å². The molecule has 2 aromatic heterocycles. The zero-order chi connectivity index (χ0) is 35.3. The highest BCUT2D eigenvalue weighted by Gasteiger charge is 2.47. The number of anilines is 1. The number of piperazine rings is 1. The average molecular weight is 701 g/mol. The lowest BCUT2D eigenvalue weighted by Crippen LogP contribution is -2.57. The number of aromatic nitrogens is 3. The second-order valence-corrected chi connectivity index (χ2v) is 22.4. The lowest BCUT2D eigenvalue weighted by Gasteiger charge is -2.42. The molecule has 0 aromatic carbocycles. The second-order valence-electron chi connectivity index (χ2n) is 16.5. The van der Waals surface area contributed by atoms with Crippen molar-refractivity contribution in [2.45, 2.75) is 122 Å². The molecule has 3 aliphatic rings. The van der Waals surface area contributed by atoms with Gasteiger partial charge in [0.1, 0.15) is 30.7 Å². The van der Waals surface area contributed by atoms with Gasteiger partial charge in [-0.1, -0.05) is 59.1 Å². The Morgan fingerprint density at radius 3 is 2.12 bits per heavy atom. The summed E-state index contributed by atoms with van der Waals surface area (Å²) >= 11 is 6.48. The zero-order valence-electron chi connectivity index (χ0n) is 30.7. The van der Waals surface area contributed by atoms with Gasteiger partial charge >= 0.3 is 12.1 Å². The van der Waals surface area contributed by atoms with Gasteiger partial charge in [0.15, 0.2) is 11.0 Å². The SMILES string of the molecule is CC(C)[Si](C#Cc1nc(Cl)c(F)c2nc(OCC3(CN(C)C)CC3)nc(N3CC4CCC(C3)N4C(=O)OC(C)(C)C)c12)(C(C)C)C(C)C. The van der Waals surface area contributed by atoms with Gasteiger partial charge in [0.25, 0.3) is 0 Å². The Kier molecular flexibility index (Phi) is 10.3. The Labute approximate surface area is 292 Å². The normalized spacial score (nSPS) is 20.6. The molecule has 12 heteroatoms. The van der Waals surface area contributed by atoms with E-state index in [1.807, 2.05) is 25.7 Å². The number of hydrogen-bond acceptors (Lipinski definition) is 8. The smallest absolute Gasteiger partial charge is 0.410 e. The predicted molar refractivity (Wildman–Crippen MR) is 193 cm³/mol. The summed E-state index contributed by atoms with van der Waals surface area (Å²) in [6.45, 7) is 21.5. The van der Waals surface area contributed by atoms with Gasteiger partial charge in [-0.05, 0) is 77.2 Å². The van der Waals surface area contributed by atoms with E-state index in [2.05, 4.69) is 86.9 Å². The van der Waals surface area contributed by atoms with Crippen LogP contribution in [0.2, 0.25) is 21.8 Å². The number of halogens is 2. The molecule has 0 N–H and O–H groups in total. The number of ether oxygens (including phenoxy) is 2. The summed E-state index contributed by atoms with van der Waals surface area (Å²) in [6.07, 6.45) is 3.49. The van der Waals surface area contributed by atoms with E-state index < -0.39 is 19.5 Å². The topological polar surface area (TPSA) is 83.9 Å². The van der Waals surface area contributed by atoms with Gasteiger partial charge in [-0.15, -0.1) is 5.54 Å². The summed E-state index contributed by atoms with van der Waals surface area (Å²) < 4.78 is 28.1. The molecule has 1 amide bonds. The zero-order valence-corrected chi connectivity index (χ0v) is 32.5. The maximum Gasteiger partial charge on any atom is 0.410 e. The summed E-state index contributed by atoms with van der Waals surface area (Å²) in [6, 6.07) is -0.0459. The maximum atomic E-state index is 16.0. The monoisotopic (exact) mass is 700 g/mol. The van der Waals surface area contributed by atoms with Gasteiger partial charge in [-0.2, -0.15) is 9.97 Å². The van der Waals surface area contributed by atoms with Crippen LogP contribution in [0.5, 0.6) is 6.01 Å². The summed E-state index contributed by atoms with van der Waals surface area (Å²) in [5.74, 6) is 3.24. The fourth-order valence-electron chi connectivity index (χ4n) is 8.19. The summed E-state index contributed by atoms with van der Waals surface area (Å²) in [5, 5.41) is 0.171. The van der Waals surface area contributed by atoms with Gasteiger partial charge < -0.3 is 19.3 Å². The third kappa shape index (κ3) is 7.27. The molecule has 48 heavy (non-hydrogen) atoms. The van der Waals surface area contributed by atoms with Crippen LogP contribution in [-0.4, -0.2) is 96.9 Å². The minimum absolute atomic E-state index is 0.0314. The molecule has 2 atom stereocenters. The number of nitrogens with zero attached hydrogens (tertiary/aromatic N) is 6. The standard InChI is InChI=1S/C36H54ClFN6O3Si/c1-22(2)48(23(3)4,24(5)6)17-14-27-28-30(29(38)31(37)39-27)40-33(46-21-36(15-16-36)20-42(10)11)41-32(28)43-18-25-12-13-26(19-43)44(25)34(45)47-35(7,8)9/h22-26H,12-13,15-16,18-21H2,1-11H3. The lowest BCUT2D eigenvalue weighted by molar-refractivity contribution is 0.0122. The van der Waals surface area contributed by atoms with E-state index in [1.165, 1.54) is 0 Å². The number of carbonyl (C=O) groups is 1. The van der Waals surface area contributed by atoms with E-state index in [0.29, 0.717) is 53.2 Å². The van der Waals surface area contributed by atoms with Crippen molar-refractivity contribution >= 4 is 42.5 Å². The molecule has 2 saturated heterocycles. The van der Waals surface area contributed by atoms with E-state index in [-0.39, 0.29) is 40.3 Å². The average Bonchev–Trinajstić information content (AvgIpc) is 3.67. The molecule has 2 unspecified atom stereocenters. The largest absolute Gasteiger partial charge is 0.463 e. The number of hydrogen-bond donors (Lipinski definition) is 0. The quantitative estimate of drug-likeness (QED) is 0.150. The van der Waals surface area contributed by atoms with Crippen LogP contribution in [0.1, 0.15) is 93.7 Å². The van der Waals surface area contributed by atoms with Crippen molar-refractivity contribution in [3.63, 3.8) is 0 Å². The molecule has 264 valence electrons. The molecule has 9 nitrogen and oxygen atoms in total. The molecule has 1 aliphatic carbocycles. The molecular weight excluding hydrogens is 647 g/mol. The maximum absolute atomic E-state index is 16.0. The first-order valence-corrected chi connectivity index (χ1v) is 20.1. The Bertz CT molecular complexity index is 1560. The molecule has 2 aliphatic heterocycles. The van der Waals surface area contributed by atoms with Crippen molar-refractivity contribution in [3.05, 3.63) is 16.7 Å². The van der Waals surface area contributed by atoms with E-state index in [9.17, 15) is 4.79 Å². The molecule has 4 heterocycles. The molecule has 5 rings (SSSR count). The van der Waals surface area contributed by atoms with Crippen molar-refractivity contribution in [1.82, 2.24) is 24.8 Å². The van der Waals surface area contributed by atoms with Crippen LogP contribution in [0.3, 0.4) is 0 Å². The molecular formula is C36H54ClFN6O3Si. The third-order valence-corrected chi connectivity index (χ3v) is 17.0. The highest BCUT2D eigenvalue weighted by Crippen LogP contribution is 2.47. The van der Waals surface area contributed by atoms with Crippen molar-refractivity contribution in [1.29, 1.82) is 0 Å². The Balaban J connectivity index is 1.63. The van der Waals surface area contributed by atoms with Crippen LogP contribution < -0.4 is 9.64 Å². The molecule has 3 fully saturated rings. The Morgan fingerprint density at radius 2 is 1.62 bits per heavy atom. The van der Waals surface area contributed by atoms with Crippen molar-refractivity contribution in [2.24, 2.45) is 5.41 Å². The van der Waals surface area contributed by atoms with Crippen molar-refractivity contribution < 1.29 is 18.7 Å². The van der Waals surface area contributed by atoms with E-state index in [0.717, 1.165) is 32.2 Å². The Morgan fingerprint density at radius 1 is 1.04 bits per heavy atom. The first-order valence-electron chi connectivity index (χ1n) is 17.5. The molecule has 0 radical (unpaired) electrons. The third-order valence-electron chi connectivity index (χ3n) is 10.5. The van der Waals surface area contributed by atoms with E-state index in [1.54, 1.807) is 0 Å². The highest BCUT2D eigenvalue weighted by atomic mass is 35.5. The number of fused-ring (bicyclic) bond motifs is 3. The number of amides is 1. The predicted octanol–water partition coefficient (Wildman–Crippen LogP) is 7.70. The van der Waals surface area contributed by atoms with Crippen LogP contribution in [-0.2, 0) is 4.74 Å². The number of carbonyl (C=O) groups excluding carboxylic acids is 1. The van der Waals surface area contributed by atoms with Crippen LogP contribution in [0.25, 0.3) is 10.9 Å². The van der Waals surface area contributed by atoms with Crippen LogP contribution >= 0.6 is 11.6 Å². The first kappa shape index (κ1) is 36.6. The minimum atomic E-state index is -2.17. The summed E-state index contributed by atoms with van der Waals surface area (Å²) in [5.41, 5.74) is 4.82. The van der Waals surface area contributed by atoms with Crippen LogP contribution in [0.4, 0.5) is 15.0 Å². The van der Waals surface area contributed by atoms with Crippen LogP contribution in [0.15, 0.2) is 0 Å². The molecule has 2 bridgehead atoms. The Hall–Kier alpha value is -2.68. The second kappa shape index (κ2) is 13.6. The van der Waals surface area contributed by atoms with Crippen LogP contribution in [0, 0.1) is 22.7 Å². The van der Waals surface area contributed by atoms with Gasteiger partial charge in [0.05, 0.1) is 24.1 Å². The minimum Gasteiger partial charge on any atom is -0.463 e. The highest BCUT2D eigenvalue weighted by molar-refractivity contribution is 6.90. The summed E-state index contributed by atoms with van der Waals surface area (Å²) in [7, 11) is 1.94. The molecule has 0 spiro atoms. The number of pyridine rings is 1. The first-order chi connectivity index (χ1) is 22.4. The van der Waals surface area contributed by atoms with Crippen molar-refractivity contribution in [3.8, 4) is 17.5 Å². The number of rotatable bonds is 9. The van der Waals surface area contributed by atoms with Crippen molar-refractivity contribution in [2.75, 3.05) is 45.2 Å². The van der Waals surface area contributed by atoms with Gasteiger partial charge in [-0.3, -0.25) is 4.90 Å². The van der Waals surface area contributed by atoms with E-state index in [4.69, 9.17) is 26.1 Å². The van der Waals surface area contributed by atoms with Gasteiger partial charge in [-0.25, -0.2) is 14.2 Å². The summed E-state index contributed by atoms with van der Waals surface area (Å²) in [4.78, 5) is 33.6. The fraction of sp³-hybridized carbons (Fsp3) is 0.722. The van der Waals surface area contributed by atoms with Gasteiger partial charge in [0, 0.05) is 25.0 Å².